The number of amides is 3. The first-order chi connectivity index (χ1) is 15.0. The molecule has 7 nitrogen and oxygen atoms in total. The summed E-state index contributed by atoms with van der Waals surface area (Å²) < 4.78 is 0. The number of nitrogens with one attached hydrogen (secondary N) is 4. The third kappa shape index (κ3) is 6.89. The summed E-state index contributed by atoms with van der Waals surface area (Å²) in [6.07, 6.45) is 8.09. The lowest BCUT2D eigenvalue weighted by Crippen LogP contribution is -2.51. The maximum Gasteiger partial charge on any atom is 0.257 e. The molecule has 0 heterocycles. The van der Waals surface area contributed by atoms with Crippen LogP contribution in [-0.4, -0.2) is 29.4 Å². The molecule has 0 atom stereocenters. The van der Waals surface area contributed by atoms with Crippen molar-refractivity contribution in [3.8, 4) is 0 Å². The van der Waals surface area contributed by atoms with E-state index in [1.165, 1.54) is 6.08 Å². The van der Waals surface area contributed by atoms with Crippen molar-refractivity contribution in [2.45, 2.75) is 32.1 Å². The lowest BCUT2D eigenvalue weighted by atomic mass is 9.89. The maximum atomic E-state index is 12.1. The number of hydrogen-bond acceptors (Lipinski definition) is 4. The van der Waals surface area contributed by atoms with Crippen LogP contribution in [0.3, 0.4) is 0 Å². The molecule has 0 bridgehead atoms. The topological polar surface area (TPSA) is 99.3 Å². The molecular formula is C23H26N4O3S. The Bertz CT molecular complexity index is 994. The number of benzene rings is 2. The molecular weight excluding hydrogens is 412 g/mol. The Hall–Kier alpha value is -3.26. The SMILES string of the molecule is O=C(C=Cc1cccc2ccccc12)NC(=S)NNC(=O)CNC(=O)C1CCCCC1. The molecule has 162 valence electrons. The Balaban J connectivity index is 1.39. The second kappa shape index (κ2) is 11.2. The molecule has 3 rings (SSSR count). The Morgan fingerprint density at radius 1 is 0.968 bits per heavy atom. The molecule has 1 aliphatic carbocycles. The van der Waals surface area contributed by atoms with Crippen LogP contribution in [0.4, 0.5) is 0 Å². The molecule has 2 aromatic carbocycles. The fraction of sp³-hybridized carbons (Fsp3) is 0.304. The standard InChI is InChI=1S/C23H26N4O3S/c28-20(14-13-17-11-6-10-16-7-4-5-12-19(16)17)25-23(31)27-26-21(29)15-24-22(30)18-8-2-1-3-9-18/h4-7,10-14,18H,1-3,8-9,15H2,(H,24,30)(H,26,29)(H2,25,27,28,31). The fourth-order valence-electron chi connectivity index (χ4n) is 3.59. The molecule has 0 unspecified atom stereocenters. The number of carbonyl (C=O) groups excluding carboxylic acids is 3. The number of hydrazine groups is 1. The number of rotatable bonds is 5. The average molecular weight is 439 g/mol. The molecule has 1 fully saturated rings. The molecule has 1 saturated carbocycles. The van der Waals surface area contributed by atoms with E-state index in [2.05, 4.69) is 21.5 Å². The van der Waals surface area contributed by atoms with Gasteiger partial charge in [-0.15, -0.1) is 0 Å². The summed E-state index contributed by atoms with van der Waals surface area (Å²) in [6.45, 7) is -0.153. The van der Waals surface area contributed by atoms with E-state index >= 15 is 0 Å². The van der Waals surface area contributed by atoms with Crippen molar-refractivity contribution in [1.82, 2.24) is 21.5 Å². The molecule has 8 heteroatoms. The van der Waals surface area contributed by atoms with Crippen molar-refractivity contribution in [1.29, 1.82) is 0 Å². The monoisotopic (exact) mass is 438 g/mol. The van der Waals surface area contributed by atoms with Crippen molar-refractivity contribution in [2.24, 2.45) is 5.92 Å². The van der Waals surface area contributed by atoms with E-state index in [9.17, 15) is 14.4 Å². The molecule has 31 heavy (non-hydrogen) atoms. The molecule has 3 amide bonds. The molecule has 0 aliphatic heterocycles. The lowest BCUT2D eigenvalue weighted by Gasteiger charge is -2.20. The van der Waals surface area contributed by atoms with E-state index in [0.29, 0.717) is 0 Å². The predicted molar refractivity (Wildman–Crippen MR) is 125 cm³/mol. The molecule has 0 spiro atoms. The quantitative estimate of drug-likeness (QED) is 0.327. The van der Waals surface area contributed by atoms with Crippen LogP contribution in [0.2, 0.25) is 0 Å². The highest BCUT2D eigenvalue weighted by Crippen LogP contribution is 2.23. The van der Waals surface area contributed by atoms with Crippen molar-refractivity contribution in [3.05, 3.63) is 54.1 Å². The maximum absolute atomic E-state index is 12.1. The number of hydrogen-bond donors (Lipinski definition) is 4. The summed E-state index contributed by atoms with van der Waals surface area (Å²) >= 11 is 5.02. The van der Waals surface area contributed by atoms with Gasteiger partial charge >= 0.3 is 0 Å². The van der Waals surface area contributed by atoms with Gasteiger partial charge in [-0.05, 0) is 47.5 Å². The van der Waals surface area contributed by atoms with Gasteiger partial charge in [-0.25, -0.2) is 0 Å². The average Bonchev–Trinajstić information content (AvgIpc) is 2.80. The van der Waals surface area contributed by atoms with Crippen LogP contribution in [0.1, 0.15) is 37.7 Å². The van der Waals surface area contributed by atoms with Crippen molar-refractivity contribution < 1.29 is 14.4 Å². The third-order valence-corrected chi connectivity index (χ3v) is 5.39. The van der Waals surface area contributed by atoms with Gasteiger partial charge in [0.15, 0.2) is 5.11 Å². The summed E-state index contributed by atoms with van der Waals surface area (Å²) in [6, 6.07) is 13.8. The lowest BCUT2D eigenvalue weighted by molar-refractivity contribution is -0.129. The first-order valence-corrected chi connectivity index (χ1v) is 10.8. The van der Waals surface area contributed by atoms with Gasteiger partial charge in [0.2, 0.25) is 11.8 Å². The highest BCUT2D eigenvalue weighted by molar-refractivity contribution is 7.80. The van der Waals surface area contributed by atoms with Crippen LogP contribution in [-0.2, 0) is 14.4 Å². The Morgan fingerprint density at radius 3 is 2.52 bits per heavy atom. The molecule has 0 saturated heterocycles. The van der Waals surface area contributed by atoms with Crippen LogP contribution in [0.15, 0.2) is 48.5 Å². The van der Waals surface area contributed by atoms with E-state index < -0.39 is 11.8 Å². The van der Waals surface area contributed by atoms with E-state index in [4.69, 9.17) is 12.2 Å². The minimum Gasteiger partial charge on any atom is -0.347 e. The number of fused-ring (bicyclic) bond motifs is 1. The zero-order chi connectivity index (χ0) is 22.1. The molecule has 1 aliphatic rings. The van der Waals surface area contributed by atoms with Gasteiger partial charge in [0.1, 0.15) is 0 Å². The van der Waals surface area contributed by atoms with E-state index in [1.54, 1.807) is 6.08 Å². The van der Waals surface area contributed by atoms with Crippen LogP contribution < -0.4 is 21.5 Å². The second-order valence-electron chi connectivity index (χ2n) is 7.45. The van der Waals surface area contributed by atoms with Gasteiger partial charge in [0.05, 0.1) is 6.54 Å². The minimum absolute atomic E-state index is 0.0107. The predicted octanol–water partition coefficient (Wildman–Crippen LogP) is 2.57. The number of carbonyl (C=O) groups is 3. The van der Waals surface area contributed by atoms with Crippen molar-refractivity contribution >= 4 is 51.9 Å². The largest absolute Gasteiger partial charge is 0.347 e. The Kier molecular flexibility index (Phi) is 8.12. The van der Waals surface area contributed by atoms with Gasteiger partial charge in [0, 0.05) is 12.0 Å². The zero-order valence-corrected chi connectivity index (χ0v) is 18.0. The third-order valence-electron chi connectivity index (χ3n) is 5.19. The molecule has 2 aromatic rings. The van der Waals surface area contributed by atoms with Crippen LogP contribution in [0.25, 0.3) is 16.8 Å². The van der Waals surface area contributed by atoms with Crippen molar-refractivity contribution in [3.63, 3.8) is 0 Å². The van der Waals surface area contributed by atoms with Gasteiger partial charge in [-0.3, -0.25) is 30.6 Å². The second-order valence-corrected chi connectivity index (χ2v) is 7.85. The Labute approximate surface area is 186 Å². The van der Waals surface area contributed by atoms with Crippen LogP contribution in [0, 0.1) is 5.92 Å². The number of thiocarbonyl (C=S) groups is 1. The fourth-order valence-corrected chi connectivity index (χ4v) is 3.74. The smallest absolute Gasteiger partial charge is 0.257 e. The zero-order valence-electron chi connectivity index (χ0n) is 17.1. The first kappa shape index (κ1) is 22.4. The summed E-state index contributed by atoms with van der Waals surface area (Å²) in [7, 11) is 0. The van der Waals surface area contributed by atoms with Crippen molar-refractivity contribution in [2.75, 3.05) is 6.54 Å². The van der Waals surface area contributed by atoms with E-state index in [-0.39, 0.29) is 23.5 Å². The van der Waals surface area contributed by atoms with Crippen LogP contribution in [0.5, 0.6) is 0 Å². The molecule has 0 aromatic heterocycles. The summed E-state index contributed by atoms with van der Waals surface area (Å²) in [4.78, 5) is 36.0. The van der Waals surface area contributed by atoms with E-state index in [1.807, 2.05) is 42.5 Å². The van der Waals surface area contributed by atoms with Gasteiger partial charge in [0.25, 0.3) is 5.91 Å². The van der Waals surface area contributed by atoms with Gasteiger partial charge in [-0.1, -0.05) is 61.7 Å². The highest BCUT2D eigenvalue weighted by atomic mass is 32.1. The van der Waals surface area contributed by atoms with Gasteiger partial charge in [-0.2, -0.15) is 0 Å². The highest BCUT2D eigenvalue weighted by Gasteiger charge is 2.21. The molecule has 4 N–H and O–H groups in total. The first-order valence-electron chi connectivity index (χ1n) is 10.4. The minimum atomic E-state index is -0.452. The van der Waals surface area contributed by atoms with Crippen LogP contribution >= 0.6 is 12.2 Å². The molecule has 0 radical (unpaired) electrons. The summed E-state index contributed by atoms with van der Waals surface area (Å²) in [5.74, 6) is -0.981. The summed E-state index contributed by atoms with van der Waals surface area (Å²) in [5.41, 5.74) is 5.73. The van der Waals surface area contributed by atoms with Gasteiger partial charge < -0.3 is 5.32 Å². The normalized spacial score (nSPS) is 14.2. The summed E-state index contributed by atoms with van der Waals surface area (Å²) in [5, 5.41) is 7.18. The van der Waals surface area contributed by atoms with E-state index in [0.717, 1.165) is 48.4 Å². The Morgan fingerprint density at radius 2 is 1.71 bits per heavy atom.